The third kappa shape index (κ3) is 3.39. The number of fused-ring (bicyclic) bond motifs is 3. The molecule has 0 spiro atoms. The predicted octanol–water partition coefficient (Wildman–Crippen LogP) is 6.07. The fraction of sp³-hybridized carbons (Fsp3) is 0.333. The lowest BCUT2D eigenvalue weighted by Crippen LogP contribution is -2.34. The van der Waals surface area contributed by atoms with Gasteiger partial charge in [0.15, 0.2) is 0 Å². The Morgan fingerprint density at radius 3 is 2.58 bits per heavy atom. The topological polar surface area (TPSA) is 42.4 Å². The number of pyridine rings is 1. The summed E-state index contributed by atoms with van der Waals surface area (Å²) in [6, 6.07) is 1.25. The molecule has 3 rings (SSSR count). The highest BCUT2D eigenvalue weighted by atomic mass is 127. The van der Waals surface area contributed by atoms with Gasteiger partial charge < -0.3 is 4.74 Å². The molecule has 1 aromatic heterocycles. The Balaban J connectivity index is 2.16. The minimum absolute atomic E-state index is 0.0224. The van der Waals surface area contributed by atoms with E-state index in [0.717, 1.165) is 3.57 Å². The highest BCUT2D eigenvalue weighted by Crippen LogP contribution is 2.49. The average Bonchev–Trinajstić information content (AvgIpc) is 2.92. The summed E-state index contributed by atoms with van der Waals surface area (Å²) >= 11 is 14.8. The molecule has 0 radical (unpaired) electrons. The number of benzene rings is 1. The molecule has 1 aliphatic rings. The Kier molecular flexibility index (Phi) is 5.13. The first kappa shape index (κ1) is 19.6. The maximum absolute atomic E-state index is 14.5. The Labute approximate surface area is 174 Å². The van der Waals surface area contributed by atoms with Crippen molar-refractivity contribution in [2.24, 2.45) is 0 Å². The van der Waals surface area contributed by atoms with Crippen molar-refractivity contribution in [3.8, 4) is 11.1 Å². The number of carbonyl (C=O) groups excluding carboxylic acids is 1. The minimum Gasteiger partial charge on any atom is -0.443 e. The van der Waals surface area contributed by atoms with Gasteiger partial charge in [-0.05, 0) is 55.0 Å². The Morgan fingerprint density at radius 1 is 1.31 bits per heavy atom. The maximum Gasteiger partial charge on any atom is 0.414 e. The van der Waals surface area contributed by atoms with Gasteiger partial charge in [0.05, 0.1) is 25.0 Å². The van der Waals surface area contributed by atoms with Crippen LogP contribution in [0.5, 0.6) is 0 Å². The molecule has 8 heteroatoms. The van der Waals surface area contributed by atoms with Gasteiger partial charge in [-0.2, -0.15) is 0 Å². The number of ether oxygens (including phenoxy) is 1. The van der Waals surface area contributed by atoms with Crippen LogP contribution < -0.4 is 4.90 Å². The number of aromatic nitrogens is 1. The Morgan fingerprint density at radius 2 is 1.96 bits per heavy atom. The standard InChI is InChI=1S/C18H16Cl2FIN2O2/c1-18(2,3)26-17(25)24(4)12-6-9(21)15(19)13-8(12)5-11-14(13)16(20)10(22)7-23-11/h6-7H,5H2,1-4H3. The first-order valence-corrected chi connectivity index (χ1v) is 9.65. The van der Waals surface area contributed by atoms with Crippen LogP contribution in [0.1, 0.15) is 32.0 Å². The lowest BCUT2D eigenvalue weighted by molar-refractivity contribution is 0.0589. The second-order valence-corrected chi connectivity index (χ2v) is 8.92. The number of halogens is 4. The van der Waals surface area contributed by atoms with E-state index < -0.39 is 17.5 Å². The van der Waals surface area contributed by atoms with Crippen LogP contribution in [0, 0.1) is 9.39 Å². The Hall–Kier alpha value is -1.12. The SMILES string of the molecule is CN(C(=O)OC(C)(C)C)c1cc(F)c(Cl)c2c1Cc1ncc(I)c(Cl)c1-2. The van der Waals surface area contributed by atoms with Crippen molar-refractivity contribution >= 4 is 57.6 Å². The van der Waals surface area contributed by atoms with Crippen LogP contribution in [-0.4, -0.2) is 23.7 Å². The number of hydrogen-bond acceptors (Lipinski definition) is 3. The van der Waals surface area contributed by atoms with E-state index in [1.54, 1.807) is 34.0 Å². The van der Waals surface area contributed by atoms with E-state index in [1.807, 2.05) is 0 Å². The molecule has 138 valence electrons. The van der Waals surface area contributed by atoms with Gasteiger partial charge in [-0.3, -0.25) is 9.88 Å². The van der Waals surface area contributed by atoms with Crippen LogP contribution in [0.3, 0.4) is 0 Å². The molecule has 1 heterocycles. The molecule has 1 amide bonds. The average molecular weight is 509 g/mol. The van der Waals surface area contributed by atoms with Gasteiger partial charge in [-0.15, -0.1) is 0 Å². The summed E-state index contributed by atoms with van der Waals surface area (Å²) in [5, 5.41) is 0.457. The number of amides is 1. The first-order valence-electron chi connectivity index (χ1n) is 7.82. The normalized spacial score (nSPS) is 12.6. The third-order valence-electron chi connectivity index (χ3n) is 3.98. The van der Waals surface area contributed by atoms with Crippen molar-refractivity contribution < 1.29 is 13.9 Å². The van der Waals surface area contributed by atoms with E-state index in [9.17, 15) is 9.18 Å². The molecule has 4 nitrogen and oxygen atoms in total. The van der Waals surface area contributed by atoms with Crippen LogP contribution in [0.4, 0.5) is 14.9 Å². The molecule has 1 aliphatic carbocycles. The highest BCUT2D eigenvalue weighted by molar-refractivity contribution is 14.1. The number of carbonyl (C=O) groups is 1. The lowest BCUT2D eigenvalue weighted by atomic mass is 10.0. The van der Waals surface area contributed by atoms with E-state index in [1.165, 1.54) is 11.0 Å². The molecule has 0 saturated carbocycles. The summed E-state index contributed by atoms with van der Waals surface area (Å²) < 4.78 is 20.7. The summed E-state index contributed by atoms with van der Waals surface area (Å²) in [6.45, 7) is 5.31. The fourth-order valence-electron chi connectivity index (χ4n) is 2.88. The summed E-state index contributed by atoms with van der Waals surface area (Å²) in [7, 11) is 1.54. The van der Waals surface area contributed by atoms with E-state index in [-0.39, 0.29) is 5.02 Å². The molecule has 0 aliphatic heterocycles. The summed E-state index contributed by atoms with van der Waals surface area (Å²) in [5.74, 6) is -0.626. The van der Waals surface area contributed by atoms with E-state index in [0.29, 0.717) is 39.5 Å². The van der Waals surface area contributed by atoms with Gasteiger partial charge in [0.25, 0.3) is 0 Å². The molecule has 1 aromatic carbocycles. The monoisotopic (exact) mass is 508 g/mol. The molecule has 0 atom stereocenters. The summed E-state index contributed by atoms with van der Waals surface area (Å²) in [4.78, 5) is 18.1. The van der Waals surface area contributed by atoms with Crippen LogP contribution in [0.2, 0.25) is 10.0 Å². The minimum atomic E-state index is -0.663. The van der Waals surface area contributed by atoms with Crippen molar-refractivity contribution in [2.45, 2.75) is 32.8 Å². The molecule has 0 N–H and O–H groups in total. The van der Waals surface area contributed by atoms with Crippen LogP contribution in [-0.2, 0) is 11.2 Å². The molecule has 0 saturated heterocycles. The van der Waals surface area contributed by atoms with E-state index >= 15 is 0 Å². The van der Waals surface area contributed by atoms with Crippen molar-refractivity contribution in [3.63, 3.8) is 0 Å². The second-order valence-electron chi connectivity index (χ2n) is 7.00. The Bertz CT molecular complexity index is 929. The van der Waals surface area contributed by atoms with Gasteiger partial charge in [-0.1, -0.05) is 23.2 Å². The zero-order chi connectivity index (χ0) is 19.4. The van der Waals surface area contributed by atoms with Gasteiger partial charge in [0, 0.05) is 30.8 Å². The maximum atomic E-state index is 14.5. The van der Waals surface area contributed by atoms with Crippen LogP contribution in [0.25, 0.3) is 11.1 Å². The zero-order valence-electron chi connectivity index (χ0n) is 14.6. The van der Waals surface area contributed by atoms with Gasteiger partial charge in [-0.25, -0.2) is 9.18 Å². The van der Waals surface area contributed by atoms with E-state index in [2.05, 4.69) is 27.6 Å². The van der Waals surface area contributed by atoms with Gasteiger partial charge in [0.2, 0.25) is 0 Å². The summed E-state index contributed by atoms with van der Waals surface area (Å²) in [5.41, 5.74) is 2.25. The van der Waals surface area contributed by atoms with Crippen molar-refractivity contribution in [1.29, 1.82) is 0 Å². The van der Waals surface area contributed by atoms with Gasteiger partial charge >= 0.3 is 6.09 Å². The molecular formula is C18H16Cl2FIN2O2. The van der Waals surface area contributed by atoms with Crippen molar-refractivity contribution in [1.82, 2.24) is 4.98 Å². The predicted molar refractivity (Wildman–Crippen MR) is 110 cm³/mol. The third-order valence-corrected chi connectivity index (χ3v) is 5.88. The van der Waals surface area contributed by atoms with Crippen LogP contribution >= 0.6 is 45.8 Å². The first-order chi connectivity index (χ1) is 12.0. The molecule has 0 fully saturated rings. The molecule has 0 unspecified atom stereocenters. The largest absolute Gasteiger partial charge is 0.443 e. The number of anilines is 1. The second kappa shape index (κ2) is 6.80. The van der Waals surface area contributed by atoms with Crippen LogP contribution in [0.15, 0.2) is 12.3 Å². The fourth-order valence-corrected chi connectivity index (χ4v) is 3.80. The highest BCUT2D eigenvalue weighted by Gasteiger charge is 2.33. The van der Waals surface area contributed by atoms with E-state index in [4.69, 9.17) is 27.9 Å². The van der Waals surface area contributed by atoms with Crippen molar-refractivity contribution in [3.05, 3.63) is 43.0 Å². The number of nitrogens with zero attached hydrogens (tertiary/aromatic N) is 2. The van der Waals surface area contributed by atoms with Gasteiger partial charge in [0.1, 0.15) is 11.4 Å². The smallest absolute Gasteiger partial charge is 0.414 e. The summed E-state index contributed by atoms with van der Waals surface area (Å²) in [6.07, 6.45) is 1.49. The molecule has 2 aromatic rings. The molecular weight excluding hydrogens is 493 g/mol. The number of hydrogen-bond donors (Lipinski definition) is 0. The van der Waals surface area contributed by atoms with Crippen molar-refractivity contribution in [2.75, 3.05) is 11.9 Å². The number of rotatable bonds is 1. The lowest BCUT2D eigenvalue weighted by Gasteiger charge is -2.26. The molecule has 26 heavy (non-hydrogen) atoms. The molecule has 0 bridgehead atoms. The quantitative estimate of drug-likeness (QED) is 0.374. The zero-order valence-corrected chi connectivity index (χ0v) is 18.3.